The van der Waals surface area contributed by atoms with Crippen molar-refractivity contribution in [1.29, 1.82) is 0 Å². The molecule has 7 nitrogen and oxygen atoms in total. The molecule has 0 aromatic carbocycles. The third-order valence-electron chi connectivity index (χ3n) is 3.27. The first-order chi connectivity index (χ1) is 9.58. The molecular weight excluding hydrogens is 278 g/mol. The highest BCUT2D eigenvalue weighted by Gasteiger charge is 2.17. The summed E-state index contributed by atoms with van der Waals surface area (Å²) in [4.78, 5) is 13.8. The van der Waals surface area contributed by atoms with Gasteiger partial charge in [0.2, 0.25) is 0 Å². The van der Waals surface area contributed by atoms with Gasteiger partial charge in [0, 0.05) is 44.5 Å². The Morgan fingerprint density at radius 1 is 1.40 bits per heavy atom. The Bertz CT molecular complexity index is 467. The summed E-state index contributed by atoms with van der Waals surface area (Å²) < 4.78 is 1.61. The summed E-state index contributed by atoms with van der Waals surface area (Å²) in [6.07, 6.45) is -0.412. The topological polar surface area (TPSA) is 86.2 Å². The predicted octanol–water partition coefficient (Wildman–Crippen LogP) is -0.489. The number of aliphatic hydroxyl groups excluding tert-OH is 1. The summed E-state index contributed by atoms with van der Waals surface area (Å²) in [6, 6.07) is 0.0639. The molecule has 8 heteroatoms. The number of aromatic amines is 1. The molecule has 1 atom stereocenters. The van der Waals surface area contributed by atoms with E-state index in [4.69, 9.17) is 0 Å². The fourth-order valence-corrected chi connectivity index (χ4v) is 3.25. The van der Waals surface area contributed by atoms with Crippen LogP contribution in [0.1, 0.15) is 19.9 Å². The molecule has 2 heterocycles. The number of hydrogen-bond acceptors (Lipinski definition) is 6. The molecule has 0 spiro atoms. The summed E-state index contributed by atoms with van der Waals surface area (Å²) in [7, 11) is 0. The van der Waals surface area contributed by atoms with Crippen molar-refractivity contribution in [3.8, 4) is 0 Å². The number of piperazine rings is 1. The fraction of sp³-hybridized carbons (Fsp3) is 0.833. The largest absolute Gasteiger partial charge is 0.391 e. The van der Waals surface area contributed by atoms with Gasteiger partial charge in [0.05, 0.1) is 6.10 Å². The second-order valence-corrected chi connectivity index (χ2v) is 6.28. The average molecular weight is 301 g/mol. The van der Waals surface area contributed by atoms with Gasteiger partial charge in [-0.15, -0.1) is 5.10 Å². The number of nitrogens with zero attached hydrogens (tertiary/aromatic N) is 3. The molecule has 1 saturated heterocycles. The predicted molar refractivity (Wildman–Crippen MR) is 79.3 cm³/mol. The zero-order valence-corrected chi connectivity index (χ0v) is 12.8. The molecule has 0 amide bonds. The number of nitrogens with one attached hydrogen (secondary N) is 2. The van der Waals surface area contributed by atoms with E-state index >= 15 is 0 Å². The van der Waals surface area contributed by atoms with Crippen LogP contribution >= 0.6 is 11.8 Å². The number of rotatable bonds is 6. The lowest BCUT2D eigenvalue weighted by molar-refractivity contribution is 0.121. The van der Waals surface area contributed by atoms with Gasteiger partial charge in [0.25, 0.3) is 0 Å². The summed E-state index contributed by atoms with van der Waals surface area (Å²) in [5, 5.41) is 20.5. The van der Waals surface area contributed by atoms with Crippen molar-refractivity contribution in [2.24, 2.45) is 0 Å². The summed E-state index contributed by atoms with van der Waals surface area (Å²) in [5.41, 5.74) is -0.195. The van der Waals surface area contributed by atoms with E-state index in [1.165, 1.54) is 11.8 Å². The van der Waals surface area contributed by atoms with E-state index in [-0.39, 0.29) is 11.7 Å². The lowest BCUT2D eigenvalue weighted by atomic mass is 10.3. The van der Waals surface area contributed by atoms with Crippen LogP contribution in [0.4, 0.5) is 0 Å². The summed E-state index contributed by atoms with van der Waals surface area (Å²) in [6.45, 7) is 8.46. The van der Waals surface area contributed by atoms with E-state index in [1.807, 2.05) is 13.8 Å². The number of thioether (sulfide) groups is 1. The molecule has 1 unspecified atom stereocenters. The summed E-state index contributed by atoms with van der Waals surface area (Å²) >= 11 is 1.42. The standard InChI is InChI=1S/C12H23N5O2S/c1-9(2)17-11(19)14-15-12(17)20-8-10(18)7-16-5-3-13-4-6-16/h9-10,13,18H,3-8H2,1-2H3,(H,14,19). The Kier molecular flexibility index (Phi) is 5.64. The van der Waals surface area contributed by atoms with Gasteiger partial charge in [-0.05, 0) is 13.8 Å². The molecule has 0 bridgehead atoms. The maximum absolute atomic E-state index is 11.6. The van der Waals surface area contributed by atoms with Crippen LogP contribution in [0.25, 0.3) is 0 Å². The van der Waals surface area contributed by atoms with Gasteiger partial charge in [-0.3, -0.25) is 9.47 Å². The highest BCUT2D eigenvalue weighted by Crippen LogP contribution is 2.18. The van der Waals surface area contributed by atoms with Crippen molar-refractivity contribution in [1.82, 2.24) is 25.0 Å². The Labute approximate surface area is 122 Å². The monoisotopic (exact) mass is 301 g/mol. The van der Waals surface area contributed by atoms with Crippen LogP contribution in [0.5, 0.6) is 0 Å². The van der Waals surface area contributed by atoms with Crippen molar-refractivity contribution < 1.29 is 5.11 Å². The van der Waals surface area contributed by atoms with Crippen molar-refractivity contribution in [2.45, 2.75) is 31.1 Å². The fourth-order valence-electron chi connectivity index (χ4n) is 2.26. The molecule has 3 N–H and O–H groups in total. The number of β-amino-alcohol motifs (C(OH)–C–C–N with tert-alkyl or cyclic N) is 1. The first-order valence-electron chi connectivity index (χ1n) is 6.98. The first-order valence-corrected chi connectivity index (χ1v) is 7.97. The average Bonchev–Trinajstić information content (AvgIpc) is 2.79. The quantitative estimate of drug-likeness (QED) is 0.615. The molecule has 1 fully saturated rings. The molecule has 1 aliphatic rings. The third kappa shape index (κ3) is 4.08. The highest BCUT2D eigenvalue weighted by atomic mass is 32.2. The van der Waals surface area contributed by atoms with Crippen LogP contribution < -0.4 is 11.0 Å². The van der Waals surface area contributed by atoms with E-state index in [9.17, 15) is 9.90 Å². The minimum absolute atomic E-state index is 0.0639. The number of hydrogen-bond donors (Lipinski definition) is 3. The summed E-state index contributed by atoms with van der Waals surface area (Å²) in [5.74, 6) is 0.543. The highest BCUT2D eigenvalue weighted by molar-refractivity contribution is 7.99. The van der Waals surface area contributed by atoms with Gasteiger partial charge in [0.1, 0.15) is 0 Å². The van der Waals surface area contributed by atoms with E-state index in [2.05, 4.69) is 20.4 Å². The SMILES string of the molecule is CC(C)n1c(SCC(O)CN2CCNCC2)n[nH]c1=O. The van der Waals surface area contributed by atoms with Crippen LogP contribution in [0.2, 0.25) is 0 Å². The lowest BCUT2D eigenvalue weighted by Gasteiger charge is -2.28. The maximum atomic E-state index is 11.6. The van der Waals surface area contributed by atoms with Crippen LogP contribution in [-0.4, -0.2) is 69.4 Å². The molecule has 1 aromatic heterocycles. The lowest BCUT2D eigenvalue weighted by Crippen LogP contribution is -2.46. The number of aliphatic hydroxyl groups is 1. The molecule has 1 aromatic rings. The van der Waals surface area contributed by atoms with Gasteiger partial charge < -0.3 is 10.4 Å². The van der Waals surface area contributed by atoms with Crippen LogP contribution in [-0.2, 0) is 0 Å². The minimum atomic E-state index is -0.412. The number of H-pyrrole nitrogens is 1. The third-order valence-corrected chi connectivity index (χ3v) is 4.37. The van der Waals surface area contributed by atoms with Gasteiger partial charge in [-0.2, -0.15) is 0 Å². The van der Waals surface area contributed by atoms with E-state index in [0.29, 0.717) is 17.5 Å². The van der Waals surface area contributed by atoms with E-state index in [1.54, 1.807) is 4.57 Å². The normalized spacial score (nSPS) is 18.6. The Balaban J connectivity index is 1.83. The van der Waals surface area contributed by atoms with E-state index < -0.39 is 6.10 Å². The Hall–Kier alpha value is -0.830. The smallest absolute Gasteiger partial charge is 0.344 e. The van der Waals surface area contributed by atoms with Gasteiger partial charge in [-0.25, -0.2) is 9.89 Å². The second-order valence-electron chi connectivity index (χ2n) is 5.29. The number of aromatic nitrogens is 3. The van der Waals surface area contributed by atoms with E-state index in [0.717, 1.165) is 26.2 Å². The molecule has 1 aliphatic heterocycles. The Morgan fingerprint density at radius 2 is 2.10 bits per heavy atom. The molecule has 20 heavy (non-hydrogen) atoms. The van der Waals surface area contributed by atoms with Crippen molar-refractivity contribution >= 4 is 11.8 Å². The van der Waals surface area contributed by atoms with Crippen molar-refractivity contribution in [3.63, 3.8) is 0 Å². The maximum Gasteiger partial charge on any atom is 0.344 e. The molecule has 114 valence electrons. The van der Waals surface area contributed by atoms with Crippen LogP contribution in [0.3, 0.4) is 0 Å². The Morgan fingerprint density at radius 3 is 2.75 bits per heavy atom. The first kappa shape index (κ1) is 15.6. The van der Waals surface area contributed by atoms with Gasteiger partial charge in [0.15, 0.2) is 5.16 Å². The molecule has 2 rings (SSSR count). The van der Waals surface area contributed by atoms with Crippen LogP contribution in [0, 0.1) is 0 Å². The molecular formula is C12H23N5O2S. The molecule has 0 aliphatic carbocycles. The molecule has 0 saturated carbocycles. The van der Waals surface area contributed by atoms with Gasteiger partial charge >= 0.3 is 5.69 Å². The minimum Gasteiger partial charge on any atom is -0.391 e. The zero-order valence-electron chi connectivity index (χ0n) is 12.0. The van der Waals surface area contributed by atoms with Crippen LogP contribution in [0.15, 0.2) is 9.95 Å². The van der Waals surface area contributed by atoms with Crippen molar-refractivity contribution in [2.75, 3.05) is 38.5 Å². The second kappa shape index (κ2) is 7.26. The van der Waals surface area contributed by atoms with Gasteiger partial charge in [-0.1, -0.05) is 11.8 Å². The zero-order chi connectivity index (χ0) is 14.5. The molecule has 0 radical (unpaired) electrons. The van der Waals surface area contributed by atoms with Crippen molar-refractivity contribution in [3.05, 3.63) is 10.5 Å².